The topological polar surface area (TPSA) is 64.2 Å². The van der Waals surface area contributed by atoms with Gasteiger partial charge in [-0.2, -0.15) is 5.10 Å². The molecule has 2 N–H and O–H groups in total. The molecular weight excluding hydrogens is 228 g/mol. The molecule has 88 valence electrons. The number of carbonyl (C=O) groups excluding carboxylic acids is 1. The summed E-state index contributed by atoms with van der Waals surface area (Å²) >= 11 is 5.77. The third-order valence-corrected chi connectivity index (χ3v) is 2.98. The van der Waals surface area contributed by atoms with E-state index in [2.05, 4.69) is 5.10 Å². The van der Waals surface area contributed by atoms with Crippen LogP contribution in [0.3, 0.4) is 0 Å². The van der Waals surface area contributed by atoms with Gasteiger partial charge in [0.1, 0.15) is 11.6 Å². The molecule has 1 aromatic rings. The van der Waals surface area contributed by atoms with Gasteiger partial charge >= 0.3 is 0 Å². The first-order valence-corrected chi connectivity index (χ1v) is 5.77. The van der Waals surface area contributed by atoms with Crippen molar-refractivity contribution in [1.82, 2.24) is 14.7 Å². The fraction of sp³-hybridized carbons (Fsp3) is 0.600. The Bertz CT molecular complexity index is 380. The average molecular weight is 243 g/mol. The van der Waals surface area contributed by atoms with Crippen LogP contribution < -0.4 is 5.73 Å². The molecule has 0 bridgehead atoms. The second kappa shape index (κ2) is 4.33. The first-order valence-electron chi connectivity index (χ1n) is 5.39. The molecule has 0 saturated heterocycles. The van der Waals surface area contributed by atoms with Gasteiger partial charge in [-0.15, -0.1) is 0 Å². The van der Waals surface area contributed by atoms with Crippen molar-refractivity contribution in [2.75, 3.05) is 12.3 Å². The highest BCUT2D eigenvalue weighted by Crippen LogP contribution is 2.26. The van der Waals surface area contributed by atoms with Gasteiger partial charge in [-0.3, -0.25) is 9.48 Å². The van der Waals surface area contributed by atoms with Crippen LogP contribution in [0.25, 0.3) is 0 Å². The molecule has 1 aliphatic rings. The van der Waals surface area contributed by atoms with E-state index in [0.717, 1.165) is 19.4 Å². The van der Waals surface area contributed by atoms with E-state index in [4.69, 9.17) is 17.3 Å². The summed E-state index contributed by atoms with van der Waals surface area (Å²) < 4.78 is 1.49. The quantitative estimate of drug-likeness (QED) is 0.861. The zero-order valence-electron chi connectivity index (χ0n) is 9.19. The standard InChI is InChI=1S/C10H15ClN4O/c1-2-15(7-3-4-7)9(16)6-14-5-8(11)10(12)13-14/h5,7H,2-4,6H2,1H3,(H2,12,13). The molecule has 0 radical (unpaired) electrons. The Morgan fingerprint density at radius 2 is 2.44 bits per heavy atom. The number of hydrogen-bond acceptors (Lipinski definition) is 3. The van der Waals surface area contributed by atoms with Crippen molar-refractivity contribution in [1.29, 1.82) is 0 Å². The molecule has 0 atom stereocenters. The number of carbonyl (C=O) groups is 1. The molecule has 1 amide bonds. The zero-order valence-corrected chi connectivity index (χ0v) is 9.94. The Morgan fingerprint density at radius 1 is 1.75 bits per heavy atom. The van der Waals surface area contributed by atoms with E-state index in [1.54, 1.807) is 6.20 Å². The van der Waals surface area contributed by atoms with Crippen molar-refractivity contribution in [2.45, 2.75) is 32.4 Å². The highest BCUT2D eigenvalue weighted by Gasteiger charge is 2.31. The molecule has 16 heavy (non-hydrogen) atoms. The van der Waals surface area contributed by atoms with Gasteiger partial charge in [0, 0.05) is 18.8 Å². The van der Waals surface area contributed by atoms with Crippen LogP contribution in [0.15, 0.2) is 6.20 Å². The molecule has 2 rings (SSSR count). The largest absolute Gasteiger partial charge is 0.381 e. The van der Waals surface area contributed by atoms with E-state index in [1.165, 1.54) is 4.68 Å². The van der Waals surface area contributed by atoms with Crippen LogP contribution in [0.2, 0.25) is 5.02 Å². The summed E-state index contributed by atoms with van der Waals surface area (Å²) in [6.45, 7) is 2.94. The number of nitrogen functional groups attached to an aromatic ring is 1. The number of aromatic nitrogens is 2. The fourth-order valence-corrected chi connectivity index (χ4v) is 1.90. The van der Waals surface area contributed by atoms with Gasteiger partial charge in [0.15, 0.2) is 5.82 Å². The molecule has 1 heterocycles. The van der Waals surface area contributed by atoms with Gasteiger partial charge in [0.2, 0.25) is 5.91 Å². The van der Waals surface area contributed by atoms with E-state index < -0.39 is 0 Å². The van der Waals surface area contributed by atoms with Crippen molar-refractivity contribution < 1.29 is 4.79 Å². The van der Waals surface area contributed by atoms with Crippen LogP contribution in [0, 0.1) is 0 Å². The number of nitrogens with two attached hydrogens (primary N) is 1. The fourth-order valence-electron chi connectivity index (χ4n) is 1.75. The lowest BCUT2D eigenvalue weighted by Gasteiger charge is -2.20. The molecule has 1 fully saturated rings. The Kier molecular flexibility index (Phi) is 3.05. The lowest BCUT2D eigenvalue weighted by molar-refractivity contribution is -0.132. The lowest BCUT2D eigenvalue weighted by Crippen LogP contribution is -2.35. The van der Waals surface area contributed by atoms with Gasteiger partial charge in [-0.05, 0) is 19.8 Å². The summed E-state index contributed by atoms with van der Waals surface area (Å²) in [4.78, 5) is 13.8. The molecule has 5 nitrogen and oxygen atoms in total. The first-order chi connectivity index (χ1) is 7.61. The molecular formula is C10H15ClN4O. The Labute approximate surface area is 99.2 Å². The van der Waals surface area contributed by atoms with Gasteiger partial charge in [0.25, 0.3) is 0 Å². The van der Waals surface area contributed by atoms with Crippen molar-refractivity contribution in [2.24, 2.45) is 0 Å². The van der Waals surface area contributed by atoms with Crippen molar-refractivity contribution in [3.63, 3.8) is 0 Å². The van der Waals surface area contributed by atoms with Gasteiger partial charge in [0.05, 0.1) is 0 Å². The van der Waals surface area contributed by atoms with Crippen molar-refractivity contribution in [3.05, 3.63) is 11.2 Å². The van der Waals surface area contributed by atoms with Gasteiger partial charge in [-0.25, -0.2) is 0 Å². The molecule has 0 aliphatic heterocycles. The summed E-state index contributed by atoms with van der Waals surface area (Å²) in [5.41, 5.74) is 5.51. The van der Waals surface area contributed by atoms with Crippen LogP contribution in [0.4, 0.5) is 5.82 Å². The van der Waals surface area contributed by atoms with E-state index >= 15 is 0 Å². The molecule has 1 aliphatic carbocycles. The maximum Gasteiger partial charge on any atom is 0.244 e. The van der Waals surface area contributed by atoms with E-state index in [-0.39, 0.29) is 18.3 Å². The van der Waals surface area contributed by atoms with Crippen molar-refractivity contribution in [3.8, 4) is 0 Å². The third kappa shape index (κ3) is 2.29. The maximum absolute atomic E-state index is 11.9. The average Bonchev–Trinajstić information content (AvgIpc) is 2.97. The SMILES string of the molecule is CCN(C(=O)Cn1cc(Cl)c(N)n1)C1CC1. The number of anilines is 1. The van der Waals surface area contributed by atoms with Gasteiger partial charge < -0.3 is 10.6 Å². The summed E-state index contributed by atoms with van der Waals surface area (Å²) in [7, 11) is 0. The molecule has 0 unspecified atom stereocenters. The third-order valence-electron chi connectivity index (χ3n) is 2.69. The zero-order chi connectivity index (χ0) is 11.7. The minimum absolute atomic E-state index is 0.0733. The number of likely N-dealkylation sites (N-methyl/N-ethyl adjacent to an activating group) is 1. The molecule has 6 heteroatoms. The smallest absolute Gasteiger partial charge is 0.244 e. The van der Waals surface area contributed by atoms with Gasteiger partial charge in [-0.1, -0.05) is 11.6 Å². The Morgan fingerprint density at radius 3 is 2.88 bits per heavy atom. The van der Waals surface area contributed by atoms with Crippen LogP contribution in [-0.2, 0) is 11.3 Å². The monoisotopic (exact) mass is 242 g/mol. The first kappa shape index (κ1) is 11.3. The van der Waals surface area contributed by atoms with E-state index in [9.17, 15) is 4.79 Å². The summed E-state index contributed by atoms with van der Waals surface area (Å²) in [6.07, 6.45) is 3.80. The summed E-state index contributed by atoms with van der Waals surface area (Å²) in [5, 5.41) is 4.35. The molecule has 0 spiro atoms. The minimum atomic E-state index is 0.0733. The lowest BCUT2D eigenvalue weighted by atomic mass is 10.4. The Hall–Kier alpha value is -1.23. The second-order valence-corrected chi connectivity index (χ2v) is 4.38. The Balaban J connectivity index is 2.00. The summed E-state index contributed by atoms with van der Waals surface area (Å²) in [5.74, 6) is 0.341. The molecule has 1 aromatic heterocycles. The van der Waals surface area contributed by atoms with Crippen LogP contribution in [0.5, 0.6) is 0 Å². The number of rotatable bonds is 4. The molecule has 0 aromatic carbocycles. The van der Waals surface area contributed by atoms with Crippen LogP contribution in [-0.4, -0.2) is 33.2 Å². The predicted octanol–water partition coefficient (Wildman–Crippen LogP) is 1.13. The molecule has 1 saturated carbocycles. The summed E-state index contributed by atoms with van der Waals surface area (Å²) in [6, 6.07) is 0.431. The van der Waals surface area contributed by atoms with E-state index in [0.29, 0.717) is 11.1 Å². The van der Waals surface area contributed by atoms with E-state index in [1.807, 2.05) is 11.8 Å². The number of nitrogens with zero attached hydrogens (tertiary/aromatic N) is 3. The number of hydrogen-bond donors (Lipinski definition) is 1. The maximum atomic E-state index is 11.9. The van der Waals surface area contributed by atoms with Crippen LogP contribution >= 0.6 is 11.6 Å². The normalized spacial score (nSPS) is 15.1. The van der Waals surface area contributed by atoms with Crippen molar-refractivity contribution >= 4 is 23.3 Å². The van der Waals surface area contributed by atoms with Crippen LogP contribution in [0.1, 0.15) is 19.8 Å². The number of amides is 1. The minimum Gasteiger partial charge on any atom is -0.381 e. The second-order valence-electron chi connectivity index (χ2n) is 3.97. The highest BCUT2D eigenvalue weighted by molar-refractivity contribution is 6.32. The highest BCUT2D eigenvalue weighted by atomic mass is 35.5. The predicted molar refractivity (Wildman–Crippen MR) is 62.1 cm³/mol. The number of halogens is 1.